The van der Waals surface area contributed by atoms with E-state index in [1.165, 1.54) is 0 Å². The number of aliphatic hydroxyl groups is 1. The van der Waals surface area contributed by atoms with Crippen molar-refractivity contribution < 1.29 is 14.6 Å². The van der Waals surface area contributed by atoms with Crippen molar-refractivity contribution in [2.24, 2.45) is 5.73 Å². The number of rotatable bonds is 4. The lowest BCUT2D eigenvalue weighted by Gasteiger charge is -2.05. The summed E-state index contributed by atoms with van der Waals surface area (Å²) in [5.41, 5.74) is 5.25. The summed E-state index contributed by atoms with van der Waals surface area (Å²) in [4.78, 5) is 10.6. The van der Waals surface area contributed by atoms with Gasteiger partial charge in [-0.05, 0) is 6.92 Å². The third-order valence-electron chi connectivity index (χ3n) is 0.969. The summed E-state index contributed by atoms with van der Waals surface area (Å²) >= 11 is 0. The highest BCUT2D eigenvalue weighted by molar-refractivity contribution is 5.70. The Morgan fingerprint density at radius 1 is 1.80 bits per heavy atom. The molecule has 0 amide bonds. The van der Waals surface area contributed by atoms with Gasteiger partial charge in [-0.3, -0.25) is 4.79 Å². The topological polar surface area (TPSA) is 72.5 Å². The molecule has 0 aromatic heterocycles. The minimum Gasteiger partial charge on any atom is -0.466 e. The summed E-state index contributed by atoms with van der Waals surface area (Å²) in [6.45, 7) is 1.90. The number of carbonyl (C=O) groups is 1. The standard InChI is InChI=1S/C6H13NO3/c1-2-10-6(9)3-5(7)4-8/h5,8H,2-4,7H2,1H3/t5-/m0/s1. The van der Waals surface area contributed by atoms with Crippen LogP contribution in [0, 0.1) is 0 Å². The van der Waals surface area contributed by atoms with E-state index in [-0.39, 0.29) is 19.0 Å². The van der Waals surface area contributed by atoms with Gasteiger partial charge in [0.05, 0.1) is 19.6 Å². The Hall–Kier alpha value is -0.610. The fourth-order valence-electron chi connectivity index (χ4n) is 0.499. The molecule has 0 rings (SSSR count). The van der Waals surface area contributed by atoms with Gasteiger partial charge in [0.1, 0.15) is 0 Å². The average Bonchev–Trinajstić information content (AvgIpc) is 1.88. The molecule has 0 aromatic carbocycles. The van der Waals surface area contributed by atoms with Crippen LogP contribution in [0.5, 0.6) is 0 Å². The summed E-state index contributed by atoms with van der Waals surface area (Å²) in [5.74, 6) is -0.357. The van der Waals surface area contributed by atoms with E-state index in [2.05, 4.69) is 4.74 Å². The molecule has 4 nitrogen and oxygen atoms in total. The quantitative estimate of drug-likeness (QED) is 0.514. The molecule has 0 bridgehead atoms. The maximum Gasteiger partial charge on any atom is 0.307 e. The van der Waals surface area contributed by atoms with Crippen molar-refractivity contribution in [3.05, 3.63) is 0 Å². The number of carbonyl (C=O) groups excluding carboxylic acids is 1. The van der Waals surface area contributed by atoms with Crippen molar-refractivity contribution in [1.29, 1.82) is 0 Å². The molecule has 0 fully saturated rings. The Morgan fingerprint density at radius 2 is 2.40 bits per heavy atom. The number of hydrogen-bond donors (Lipinski definition) is 2. The van der Waals surface area contributed by atoms with Crippen molar-refractivity contribution in [2.75, 3.05) is 13.2 Å². The summed E-state index contributed by atoms with van der Waals surface area (Å²) < 4.78 is 4.58. The van der Waals surface area contributed by atoms with Crippen LogP contribution in [-0.2, 0) is 9.53 Å². The van der Waals surface area contributed by atoms with Gasteiger partial charge in [0.2, 0.25) is 0 Å². The van der Waals surface area contributed by atoms with Crippen LogP contribution in [0.4, 0.5) is 0 Å². The number of nitrogens with two attached hydrogens (primary N) is 1. The first kappa shape index (κ1) is 9.39. The van der Waals surface area contributed by atoms with Gasteiger partial charge in [-0.25, -0.2) is 0 Å². The zero-order chi connectivity index (χ0) is 7.98. The number of esters is 1. The van der Waals surface area contributed by atoms with E-state index in [9.17, 15) is 4.79 Å². The van der Waals surface area contributed by atoms with Crippen LogP contribution < -0.4 is 5.73 Å². The van der Waals surface area contributed by atoms with E-state index in [1.807, 2.05) is 0 Å². The molecular weight excluding hydrogens is 134 g/mol. The molecule has 0 unspecified atom stereocenters. The molecule has 3 N–H and O–H groups in total. The second-order valence-electron chi connectivity index (χ2n) is 1.95. The summed E-state index contributed by atoms with van der Waals surface area (Å²) in [6.07, 6.45) is 0.0876. The highest BCUT2D eigenvalue weighted by Gasteiger charge is 2.07. The Morgan fingerprint density at radius 3 is 2.80 bits per heavy atom. The molecule has 0 aliphatic carbocycles. The van der Waals surface area contributed by atoms with E-state index < -0.39 is 6.04 Å². The third-order valence-corrected chi connectivity index (χ3v) is 0.969. The van der Waals surface area contributed by atoms with E-state index in [1.54, 1.807) is 6.92 Å². The first-order valence-corrected chi connectivity index (χ1v) is 3.22. The molecule has 0 saturated carbocycles. The lowest BCUT2D eigenvalue weighted by molar-refractivity contribution is -0.143. The van der Waals surface area contributed by atoms with Gasteiger partial charge in [-0.1, -0.05) is 0 Å². The number of ether oxygens (including phenoxy) is 1. The van der Waals surface area contributed by atoms with Crippen LogP contribution in [0.15, 0.2) is 0 Å². The molecule has 0 radical (unpaired) electrons. The predicted molar refractivity (Wildman–Crippen MR) is 36.3 cm³/mol. The molecule has 0 saturated heterocycles. The van der Waals surface area contributed by atoms with Gasteiger partial charge in [-0.15, -0.1) is 0 Å². The van der Waals surface area contributed by atoms with Crippen LogP contribution in [0.1, 0.15) is 13.3 Å². The predicted octanol–water partition coefficient (Wildman–Crippen LogP) is -0.741. The van der Waals surface area contributed by atoms with Gasteiger partial charge in [0, 0.05) is 6.04 Å². The Labute approximate surface area is 60.0 Å². The molecule has 0 aliphatic rings. The highest BCUT2D eigenvalue weighted by atomic mass is 16.5. The minimum atomic E-state index is -0.487. The van der Waals surface area contributed by atoms with E-state index in [0.717, 1.165) is 0 Å². The first-order valence-electron chi connectivity index (χ1n) is 3.22. The Balaban J connectivity index is 3.37. The Bertz CT molecular complexity index is 105. The van der Waals surface area contributed by atoms with Gasteiger partial charge in [0.25, 0.3) is 0 Å². The number of hydrogen-bond acceptors (Lipinski definition) is 4. The van der Waals surface area contributed by atoms with Crippen molar-refractivity contribution >= 4 is 5.97 Å². The van der Waals surface area contributed by atoms with Crippen molar-refractivity contribution in [2.45, 2.75) is 19.4 Å². The van der Waals surface area contributed by atoms with Crippen molar-refractivity contribution in [3.63, 3.8) is 0 Å². The highest BCUT2D eigenvalue weighted by Crippen LogP contribution is 1.89. The molecule has 0 spiro atoms. The molecule has 10 heavy (non-hydrogen) atoms. The van der Waals surface area contributed by atoms with Gasteiger partial charge in [-0.2, -0.15) is 0 Å². The second kappa shape index (κ2) is 5.20. The monoisotopic (exact) mass is 147 g/mol. The molecule has 1 atom stereocenters. The van der Waals surface area contributed by atoms with Gasteiger partial charge in [0.15, 0.2) is 0 Å². The van der Waals surface area contributed by atoms with E-state index in [4.69, 9.17) is 10.8 Å². The summed E-state index contributed by atoms with van der Waals surface area (Å²) in [7, 11) is 0. The maximum absolute atomic E-state index is 10.6. The molecule has 60 valence electrons. The van der Waals surface area contributed by atoms with E-state index >= 15 is 0 Å². The van der Waals surface area contributed by atoms with Crippen LogP contribution in [0.25, 0.3) is 0 Å². The first-order chi connectivity index (χ1) is 4.70. The fourth-order valence-corrected chi connectivity index (χ4v) is 0.499. The normalized spacial score (nSPS) is 12.7. The van der Waals surface area contributed by atoms with Gasteiger partial charge >= 0.3 is 5.97 Å². The SMILES string of the molecule is CCOC(=O)C[C@H](N)CO. The lowest BCUT2D eigenvalue weighted by Crippen LogP contribution is -2.28. The number of aliphatic hydroxyl groups excluding tert-OH is 1. The van der Waals surface area contributed by atoms with E-state index in [0.29, 0.717) is 6.61 Å². The third kappa shape index (κ3) is 4.29. The smallest absolute Gasteiger partial charge is 0.307 e. The zero-order valence-corrected chi connectivity index (χ0v) is 6.04. The lowest BCUT2D eigenvalue weighted by atomic mass is 10.2. The van der Waals surface area contributed by atoms with Crippen LogP contribution in [-0.4, -0.2) is 30.3 Å². The summed E-state index contributed by atoms with van der Waals surface area (Å²) in [6, 6.07) is -0.487. The minimum absolute atomic E-state index is 0.0876. The summed E-state index contributed by atoms with van der Waals surface area (Å²) in [5, 5.41) is 8.42. The van der Waals surface area contributed by atoms with Crippen LogP contribution >= 0.6 is 0 Å². The molecule has 0 aromatic rings. The molecule has 0 aliphatic heterocycles. The molecule has 4 heteroatoms. The zero-order valence-electron chi connectivity index (χ0n) is 6.04. The van der Waals surface area contributed by atoms with Gasteiger partial charge < -0.3 is 15.6 Å². The van der Waals surface area contributed by atoms with Crippen molar-refractivity contribution in [3.8, 4) is 0 Å². The molecular formula is C6H13NO3. The van der Waals surface area contributed by atoms with Crippen LogP contribution in [0.2, 0.25) is 0 Å². The average molecular weight is 147 g/mol. The Kier molecular flexibility index (Phi) is 4.88. The second-order valence-corrected chi connectivity index (χ2v) is 1.95. The maximum atomic E-state index is 10.6. The largest absolute Gasteiger partial charge is 0.466 e. The molecule has 0 heterocycles. The fraction of sp³-hybridized carbons (Fsp3) is 0.833. The van der Waals surface area contributed by atoms with Crippen LogP contribution in [0.3, 0.4) is 0 Å². The van der Waals surface area contributed by atoms with Crippen molar-refractivity contribution in [1.82, 2.24) is 0 Å².